The number of carbonyl (C=O) groups excluding carboxylic acids is 1. The van der Waals surface area contributed by atoms with Gasteiger partial charge in [0.25, 0.3) is 5.91 Å². The summed E-state index contributed by atoms with van der Waals surface area (Å²) in [6.07, 6.45) is 0. The number of likely N-dealkylation sites (N-methyl/N-ethyl adjacent to an activating group) is 1. The molecule has 0 radical (unpaired) electrons. The topological polar surface area (TPSA) is 124 Å². The molecule has 0 unspecified atom stereocenters. The molecule has 1 saturated heterocycles. The number of hydrogen-bond donors (Lipinski definition) is 3. The number of rotatable bonds is 9. The number of hydrogen-bond acceptors (Lipinski definition) is 7. The van der Waals surface area contributed by atoms with E-state index in [0.29, 0.717) is 49.0 Å². The summed E-state index contributed by atoms with van der Waals surface area (Å²) in [5, 5.41) is 10.3. The lowest BCUT2D eigenvalue weighted by molar-refractivity contribution is 0.100. The van der Waals surface area contributed by atoms with E-state index in [1.54, 1.807) is 6.07 Å². The lowest BCUT2D eigenvalue weighted by Crippen LogP contribution is -2.44. The molecule has 4 aromatic rings. The highest BCUT2D eigenvalue weighted by molar-refractivity contribution is 7.91. The fraction of sp³-hybridized carbons (Fsp3) is 0.286. The summed E-state index contributed by atoms with van der Waals surface area (Å²) in [6, 6.07) is 7.86. The zero-order valence-corrected chi connectivity index (χ0v) is 23.3. The number of aromatic amines is 1. The number of amides is 1. The summed E-state index contributed by atoms with van der Waals surface area (Å²) in [4.78, 5) is 15.8. The van der Waals surface area contributed by atoms with Crippen LogP contribution in [0.4, 0.5) is 28.9 Å². The van der Waals surface area contributed by atoms with Crippen molar-refractivity contribution in [1.29, 1.82) is 0 Å². The minimum Gasteiger partial charge on any atom is -0.376 e. The van der Waals surface area contributed by atoms with Crippen LogP contribution in [0.25, 0.3) is 22.2 Å². The Morgan fingerprint density at radius 2 is 1.67 bits per heavy atom. The lowest BCUT2D eigenvalue weighted by atomic mass is 9.97. The third-order valence-corrected chi connectivity index (χ3v) is 8.97. The molecule has 0 aliphatic carbocycles. The maximum Gasteiger partial charge on any atom is 0.250 e. The number of nitrogens with one attached hydrogen (secondary N) is 2. The molecule has 1 aliphatic heterocycles. The quantitative estimate of drug-likeness (QED) is 0.248. The summed E-state index contributed by atoms with van der Waals surface area (Å²) >= 11 is 0. The van der Waals surface area contributed by atoms with Gasteiger partial charge in [-0.15, -0.1) is 0 Å². The molecule has 2 heterocycles. The van der Waals surface area contributed by atoms with Gasteiger partial charge in [-0.1, -0.05) is 0 Å². The van der Waals surface area contributed by atoms with Crippen LogP contribution in [-0.4, -0.2) is 82.0 Å². The molecule has 5 rings (SSSR count). The Balaban J connectivity index is 1.76. The summed E-state index contributed by atoms with van der Waals surface area (Å²) in [5.74, 6) is -2.95. The predicted molar refractivity (Wildman–Crippen MR) is 151 cm³/mol. The van der Waals surface area contributed by atoms with Gasteiger partial charge in [-0.25, -0.2) is 26.0 Å². The maximum atomic E-state index is 13.9. The van der Waals surface area contributed by atoms with Crippen LogP contribution in [0.3, 0.4) is 0 Å². The Bertz CT molecular complexity index is 1730. The number of carbonyl (C=O) groups is 1. The molecule has 222 valence electrons. The molecule has 1 aromatic heterocycles. The Labute approximate surface area is 239 Å². The molecule has 0 bridgehead atoms. The molecule has 1 amide bonds. The van der Waals surface area contributed by atoms with Crippen molar-refractivity contribution in [3.8, 4) is 11.3 Å². The normalized spacial score (nSPS) is 14.6. The fourth-order valence-electron chi connectivity index (χ4n) is 4.99. The SMILES string of the molecule is CN1CCN(c2ccc(C(N)=O)c(NC(CF)CF)c2-c2n[nH]c3ccc(S(=O)(=O)c4cc(F)cc(F)c4)cc23)CC1. The number of aromatic nitrogens is 2. The van der Waals surface area contributed by atoms with Crippen LogP contribution in [0.15, 0.2) is 58.3 Å². The highest BCUT2D eigenvalue weighted by atomic mass is 32.2. The highest BCUT2D eigenvalue weighted by Crippen LogP contribution is 2.43. The van der Waals surface area contributed by atoms with Crippen molar-refractivity contribution >= 4 is 38.0 Å². The Kier molecular flexibility index (Phi) is 8.10. The van der Waals surface area contributed by atoms with Gasteiger partial charge in [0.05, 0.1) is 38.2 Å². The Morgan fingerprint density at radius 1 is 1.00 bits per heavy atom. The van der Waals surface area contributed by atoms with E-state index in [-0.39, 0.29) is 27.2 Å². The second-order valence-corrected chi connectivity index (χ2v) is 12.0. The number of alkyl halides is 2. The lowest BCUT2D eigenvalue weighted by Gasteiger charge is -2.36. The molecule has 1 aliphatic rings. The van der Waals surface area contributed by atoms with E-state index >= 15 is 0 Å². The molecular weight excluding hydrogens is 576 g/mol. The van der Waals surface area contributed by atoms with E-state index in [1.807, 2.05) is 11.9 Å². The number of fused-ring (bicyclic) bond motifs is 1. The van der Waals surface area contributed by atoms with Crippen LogP contribution in [-0.2, 0) is 9.84 Å². The van der Waals surface area contributed by atoms with Gasteiger partial charge < -0.3 is 20.9 Å². The number of anilines is 2. The first-order valence-electron chi connectivity index (χ1n) is 13.0. The van der Waals surface area contributed by atoms with Gasteiger partial charge in [0.2, 0.25) is 9.84 Å². The molecular formula is C28H28F4N6O3S. The first kappa shape index (κ1) is 29.3. The van der Waals surface area contributed by atoms with Crippen LogP contribution in [0.2, 0.25) is 0 Å². The van der Waals surface area contributed by atoms with Gasteiger partial charge in [-0.2, -0.15) is 5.10 Å². The molecule has 0 spiro atoms. The average Bonchev–Trinajstić information content (AvgIpc) is 3.38. The van der Waals surface area contributed by atoms with E-state index in [1.165, 1.54) is 24.3 Å². The van der Waals surface area contributed by atoms with Gasteiger partial charge in [0.1, 0.15) is 30.7 Å². The molecule has 9 nitrogen and oxygen atoms in total. The maximum absolute atomic E-state index is 13.9. The van der Waals surface area contributed by atoms with Gasteiger partial charge in [-0.05, 0) is 49.5 Å². The Hall–Kier alpha value is -4.17. The number of sulfone groups is 1. The molecule has 42 heavy (non-hydrogen) atoms. The summed E-state index contributed by atoms with van der Waals surface area (Å²) < 4.78 is 82.0. The smallest absolute Gasteiger partial charge is 0.250 e. The van der Waals surface area contributed by atoms with E-state index in [2.05, 4.69) is 20.4 Å². The minimum absolute atomic E-state index is 0.0371. The first-order chi connectivity index (χ1) is 20.0. The fourth-order valence-corrected chi connectivity index (χ4v) is 6.32. The minimum atomic E-state index is -4.37. The molecule has 3 aromatic carbocycles. The molecule has 1 fully saturated rings. The molecule has 0 saturated carbocycles. The number of halogens is 4. The van der Waals surface area contributed by atoms with Gasteiger partial charge in [0.15, 0.2) is 0 Å². The monoisotopic (exact) mass is 604 g/mol. The van der Waals surface area contributed by atoms with Crippen LogP contribution < -0.4 is 16.0 Å². The van der Waals surface area contributed by atoms with Crippen LogP contribution in [0, 0.1) is 11.6 Å². The van der Waals surface area contributed by atoms with Crippen LogP contribution in [0.5, 0.6) is 0 Å². The predicted octanol–water partition coefficient (Wildman–Crippen LogP) is 3.91. The number of nitrogens with two attached hydrogens (primary N) is 1. The third kappa shape index (κ3) is 5.51. The third-order valence-electron chi connectivity index (χ3n) is 7.24. The van der Waals surface area contributed by atoms with Crippen molar-refractivity contribution in [3.63, 3.8) is 0 Å². The van der Waals surface area contributed by atoms with Crippen molar-refractivity contribution < 1.29 is 30.8 Å². The molecule has 4 N–H and O–H groups in total. The van der Waals surface area contributed by atoms with Crippen molar-refractivity contribution in [2.45, 2.75) is 15.8 Å². The van der Waals surface area contributed by atoms with E-state index in [4.69, 9.17) is 5.73 Å². The second kappa shape index (κ2) is 11.6. The second-order valence-electron chi connectivity index (χ2n) is 10.1. The molecule has 14 heteroatoms. The number of H-pyrrole nitrogens is 1. The van der Waals surface area contributed by atoms with Gasteiger partial charge >= 0.3 is 0 Å². The summed E-state index contributed by atoms with van der Waals surface area (Å²) in [7, 11) is -2.40. The van der Waals surface area contributed by atoms with Crippen molar-refractivity contribution in [2.75, 3.05) is 56.8 Å². The summed E-state index contributed by atoms with van der Waals surface area (Å²) in [5.41, 5.74) is 7.15. The van der Waals surface area contributed by atoms with Crippen LogP contribution >= 0.6 is 0 Å². The molecule has 0 atom stereocenters. The number of benzene rings is 3. The van der Waals surface area contributed by atoms with Gasteiger partial charge in [-0.3, -0.25) is 9.89 Å². The van der Waals surface area contributed by atoms with E-state index in [9.17, 15) is 30.8 Å². The Morgan fingerprint density at radius 3 is 2.29 bits per heavy atom. The van der Waals surface area contributed by atoms with E-state index in [0.717, 1.165) is 12.1 Å². The van der Waals surface area contributed by atoms with Gasteiger partial charge in [0, 0.05) is 43.3 Å². The number of piperazine rings is 1. The number of nitrogens with zero attached hydrogens (tertiary/aromatic N) is 3. The first-order valence-corrected chi connectivity index (χ1v) is 14.5. The highest BCUT2D eigenvalue weighted by Gasteiger charge is 2.28. The number of primary amides is 1. The van der Waals surface area contributed by atoms with Crippen molar-refractivity contribution in [1.82, 2.24) is 15.1 Å². The zero-order chi connectivity index (χ0) is 30.2. The van der Waals surface area contributed by atoms with Crippen molar-refractivity contribution in [3.05, 3.63) is 65.7 Å². The summed E-state index contributed by atoms with van der Waals surface area (Å²) in [6.45, 7) is 0.432. The largest absolute Gasteiger partial charge is 0.376 e. The van der Waals surface area contributed by atoms with Crippen molar-refractivity contribution in [2.24, 2.45) is 5.73 Å². The van der Waals surface area contributed by atoms with E-state index < -0.39 is 51.7 Å². The standard InChI is InChI=1S/C28H28F4N6O3S/c1-37-6-8-38(9-7-37)24-5-3-21(28(33)39)26(34-18(14-29)15-30)25(24)27-22-13-19(2-4-23(22)35-36-27)42(40,41)20-11-16(31)10-17(32)12-20/h2-5,10-13,18,34H,6-9,14-15H2,1H3,(H2,33,39)(H,35,36). The zero-order valence-electron chi connectivity index (χ0n) is 22.5. The van der Waals surface area contributed by atoms with Crippen LogP contribution in [0.1, 0.15) is 10.4 Å². The average molecular weight is 605 g/mol.